The second-order valence-corrected chi connectivity index (χ2v) is 12.3. The lowest BCUT2D eigenvalue weighted by Crippen LogP contribution is -2.40. The Hall–Kier alpha value is -4.05. The van der Waals surface area contributed by atoms with Crippen LogP contribution in [0.15, 0.2) is 81.7 Å². The highest BCUT2D eigenvalue weighted by Gasteiger charge is 2.35. The third-order valence-corrected chi connectivity index (χ3v) is 8.41. The van der Waals surface area contributed by atoms with Crippen LogP contribution in [0.1, 0.15) is 50.4 Å². The van der Waals surface area contributed by atoms with Gasteiger partial charge in [-0.3, -0.25) is 9.36 Å². The minimum Gasteiger partial charge on any atom is -0.493 e. The van der Waals surface area contributed by atoms with Crippen LogP contribution in [-0.2, 0) is 16.1 Å². The molecule has 5 rings (SSSR count). The Morgan fingerprint density at radius 3 is 2.58 bits per heavy atom. The number of esters is 1. The number of aromatic nitrogens is 1. The van der Waals surface area contributed by atoms with E-state index in [9.17, 15) is 9.59 Å². The maximum absolute atomic E-state index is 14.1. The number of hydrogen-bond donors (Lipinski definition) is 0. The Kier molecular flexibility index (Phi) is 10.0. The van der Waals surface area contributed by atoms with Crippen molar-refractivity contribution in [3.05, 3.63) is 118 Å². The van der Waals surface area contributed by atoms with E-state index in [0.29, 0.717) is 53.5 Å². The summed E-state index contributed by atoms with van der Waals surface area (Å²) in [6, 6.07) is 17.4. The van der Waals surface area contributed by atoms with Gasteiger partial charge in [0.05, 0.1) is 40.6 Å². The standard InChI is InChI=1S/C34H32Cl2N2O6S/c1-6-42-33(40)29-20(4)37-34-38(30(29)24-12-7-8-13-26(24)44-19(2)3)32(39)28(45-34)17-22-15-25(36)31(27(16-22)41-5)43-18-21-10-9-11-23(35)14-21/h7-17,19,30H,6,18H2,1-5H3/b28-17-/t30-/m0/s1. The number of rotatable bonds is 10. The van der Waals surface area contributed by atoms with Crippen LogP contribution in [0.4, 0.5) is 0 Å². The molecule has 11 heteroatoms. The zero-order chi connectivity index (χ0) is 32.2. The lowest BCUT2D eigenvalue weighted by atomic mass is 9.95. The highest BCUT2D eigenvalue weighted by Crippen LogP contribution is 2.38. The van der Waals surface area contributed by atoms with E-state index in [2.05, 4.69) is 4.99 Å². The van der Waals surface area contributed by atoms with Crippen LogP contribution in [0.2, 0.25) is 10.0 Å². The van der Waals surface area contributed by atoms with Gasteiger partial charge in [0.15, 0.2) is 16.3 Å². The zero-order valence-electron chi connectivity index (χ0n) is 25.4. The van der Waals surface area contributed by atoms with E-state index in [4.69, 9.17) is 42.1 Å². The topological polar surface area (TPSA) is 88.4 Å². The Morgan fingerprint density at radius 1 is 1.09 bits per heavy atom. The first-order valence-electron chi connectivity index (χ1n) is 14.3. The molecule has 1 aromatic heterocycles. The molecule has 0 saturated carbocycles. The molecule has 234 valence electrons. The van der Waals surface area contributed by atoms with Crippen molar-refractivity contribution in [2.45, 2.75) is 46.4 Å². The molecule has 0 saturated heterocycles. The lowest BCUT2D eigenvalue weighted by molar-refractivity contribution is -0.139. The van der Waals surface area contributed by atoms with Crippen LogP contribution >= 0.6 is 34.5 Å². The number of benzene rings is 3. The molecule has 0 amide bonds. The van der Waals surface area contributed by atoms with Gasteiger partial charge in [0.2, 0.25) is 0 Å². The Labute approximate surface area is 274 Å². The normalized spacial score (nSPS) is 14.7. The van der Waals surface area contributed by atoms with E-state index < -0.39 is 12.0 Å². The molecule has 1 atom stereocenters. The van der Waals surface area contributed by atoms with E-state index in [0.717, 1.165) is 5.56 Å². The number of methoxy groups -OCH3 is 1. The molecule has 2 heterocycles. The summed E-state index contributed by atoms with van der Waals surface area (Å²) < 4.78 is 25.0. The molecule has 0 unspecified atom stereocenters. The lowest BCUT2D eigenvalue weighted by Gasteiger charge is -2.26. The van der Waals surface area contributed by atoms with Gasteiger partial charge in [-0.15, -0.1) is 0 Å². The van der Waals surface area contributed by atoms with Crippen molar-refractivity contribution in [2.75, 3.05) is 13.7 Å². The van der Waals surface area contributed by atoms with Gasteiger partial charge in [0.25, 0.3) is 5.56 Å². The average Bonchev–Trinajstić information content (AvgIpc) is 3.29. The molecule has 3 aromatic carbocycles. The maximum Gasteiger partial charge on any atom is 0.338 e. The molecule has 1 aliphatic rings. The molecule has 0 bridgehead atoms. The van der Waals surface area contributed by atoms with E-state index in [1.54, 1.807) is 38.1 Å². The van der Waals surface area contributed by atoms with Crippen LogP contribution in [0.25, 0.3) is 6.08 Å². The molecule has 8 nitrogen and oxygen atoms in total. The first kappa shape index (κ1) is 32.3. The summed E-state index contributed by atoms with van der Waals surface area (Å²) in [6.45, 7) is 7.73. The molecule has 0 fully saturated rings. The zero-order valence-corrected chi connectivity index (χ0v) is 27.8. The monoisotopic (exact) mass is 666 g/mol. The fraction of sp³-hybridized carbons (Fsp3) is 0.265. The van der Waals surface area contributed by atoms with Gasteiger partial charge in [-0.2, -0.15) is 0 Å². The number of hydrogen-bond acceptors (Lipinski definition) is 8. The summed E-state index contributed by atoms with van der Waals surface area (Å²) >= 11 is 14.0. The summed E-state index contributed by atoms with van der Waals surface area (Å²) in [7, 11) is 1.52. The molecule has 45 heavy (non-hydrogen) atoms. The summed E-state index contributed by atoms with van der Waals surface area (Å²) in [5, 5.41) is 0.919. The highest BCUT2D eigenvalue weighted by atomic mass is 35.5. The van der Waals surface area contributed by atoms with Gasteiger partial charge in [-0.25, -0.2) is 9.79 Å². The highest BCUT2D eigenvalue weighted by molar-refractivity contribution is 7.07. The van der Waals surface area contributed by atoms with Gasteiger partial charge in [0.1, 0.15) is 18.4 Å². The number of fused-ring (bicyclic) bond motifs is 1. The van der Waals surface area contributed by atoms with Crippen molar-refractivity contribution >= 4 is 46.6 Å². The third kappa shape index (κ3) is 6.96. The Bertz CT molecular complexity index is 1960. The number of allylic oxidation sites excluding steroid dienone is 1. The van der Waals surface area contributed by atoms with Crippen LogP contribution in [0, 0.1) is 0 Å². The smallest absolute Gasteiger partial charge is 0.338 e. The minimum atomic E-state index is -0.808. The largest absolute Gasteiger partial charge is 0.493 e. The Balaban J connectivity index is 1.60. The first-order valence-corrected chi connectivity index (χ1v) is 15.9. The number of thiazole rings is 1. The number of nitrogens with zero attached hydrogens (tertiary/aromatic N) is 2. The second kappa shape index (κ2) is 13.9. The summed E-state index contributed by atoms with van der Waals surface area (Å²) in [4.78, 5) is 32.5. The van der Waals surface area contributed by atoms with Gasteiger partial charge in [0, 0.05) is 10.6 Å². The van der Waals surface area contributed by atoms with Gasteiger partial charge in [-0.1, -0.05) is 64.9 Å². The summed E-state index contributed by atoms with van der Waals surface area (Å²) in [5.41, 5.74) is 2.57. The van der Waals surface area contributed by atoms with Crippen molar-refractivity contribution in [1.29, 1.82) is 0 Å². The van der Waals surface area contributed by atoms with Crippen molar-refractivity contribution in [2.24, 2.45) is 4.99 Å². The fourth-order valence-electron chi connectivity index (χ4n) is 5.05. The predicted octanol–water partition coefficient (Wildman–Crippen LogP) is 6.48. The van der Waals surface area contributed by atoms with Gasteiger partial charge >= 0.3 is 5.97 Å². The van der Waals surface area contributed by atoms with Crippen LogP contribution in [-0.4, -0.2) is 30.4 Å². The molecule has 0 radical (unpaired) electrons. The summed E-state index contributed by atoms with van der Waals surface area (Å²) in [6.07, 6.45) is 1.59. The van der Waals surface area contributed by atoms with E-state index in [1.807, 2.05) is 56.3 Å². The quantitative estimate of drug-likeness (QED) is 0.180. The minimum absolute atomic E-state index is 0.129. The average molecular weight is 668 g/mol. The van der Waals surface area contributed by atoms with Gasteiger partial charge < -0.3 is 18.9 Å². The molecular formula is C34H32Cl2N2O6S. The number of carbonyl (C=O) groups excluding carboxylic acids is 1. The molecule has 4 aromatic rings. The van der Waals surface area contributed by atoms with E-state index >= 15 is 0 Å². The van der Waals surface area contributed by atoms with Crippen molar-refractivity contribution in [3.63, 3.8) is 0 Å². The molecule has 0 aliphatic carbocycles. The van der Waals surface area contributed by atoms with Crippen LogP contribution < -0.4 is 29.1 Å². The molecule has 0 spiro atoms. The second-order valence-electron chi connectivity index (χ2n) is 10.5. The number of ether oxygens (including phenoxy) is 4. The Morgan fingerprint density at radius 2 is 1.87 bits per heavy atom. The summed E-state index contributed by atoms with van der Waals surface area (Å²) in [5.74, 6) is 0.798. The SMILES string of the molecule is CCOC(=O)C1=C(C)N=c2s/c(=C\c3cc(Cl)c(OCc4cccc(Cl)c4)c(OC)c3)c(=O)n2[C@H]1c1ccccc1OC(C)C. The van der Waals surface area contributed by atoms with Gasteiger partial charge in [-0.05, 0) is 75.2 Å². The van der Waals surface area contributed by atoms with Crippen molar-refractivity contribution in [3.8, 4) is 17.2 Å². The maximum atomic E-state index is 14.1. The fourth-order valence-corrected chi connectivity index (χ4v) is 6.58. The van der Waals surface area contributed by atoms with Crippen molar-refractivity contribution < 1.29 is 23.7 Å². The van der Waals surface area contributed by atoms with E-state index in [-0.39, 0.29) is 30.5 Å². The van der Waals surface area contributed by atoms with Crippen LogP contribution in [0.5, 0.6) is 17.2 Å². The molecule has 0 N–H and O–H groups in total. The molecular weight excluding hydrogens is 635 g/mol. The molecule has 1 aliphatic heterocycles. The predicted molar refractivity (Wildman–Crippen MR) is 176 cm³/mol. The third-order valence-electron chi connectivity index (χ3n) is 6.92. The number of halogens is 2. The van der Waals surface area contributed by atoms with Crippen LogP contribution in [0.3, 0.4) is 0 Å². The number of carbonyl (C=O) groups is 1. The first-order chi connectivity index (χ1) is 21.6. The number of para-hydroxylation sites is 1. The van der Waals surface area contributed by atoms with E-state index in [1.165, 1.54) is 23.0 Å². The van der Waals surface area contributed by atoms with Crippen molar-refractivity contribution in [1.82, 2.24) is 4.57 Å².